The third-order valence-corrected chi connectivity index (χ3v) is 6.14. The van der Waals surface area contributed by atoms with E-state index in [0.717, 1.165) is 32.6 Å². The lowest BCUT2D eigenvalue weighted by Gasteiger charge is -2.29. The number of anilines is 2. The molecule has 1 aliphatic heterocycles. The third-order valence-electron chi connectivity index (χ3n) is 6.14. The molecule has 0 unspecified atom stereocenters. The lowest BCUT2D eigenvalue weighted by molar-refractivity contribution is -0.145. The van der Waals surface area contributed by atoms with E-state index in [-0.39, 0.29) is 13.1 Å². The summed E-state index contributed by atoms with van der Waals surface area (Å²) < 4.78 is 0. The van der Waals surface area contributed by atoms with Gasteiger partial charge in [-0.1, -0.05) is 66.7 Å². The number of para-hydroxylation sites is 2. The van der Waals surface area contributed by atoms with Crippen molar-refractivity contribution in [2.45, 2.75) is 6.92 Å². The molecule has 0 spiro atoms. The molecule has 1 aliphatic rings. The Morgan fingerprint density at radius 3 is 1.55 bits per heavy atom. The Morgan fingerprint density at radius 1 is 0.659 bits per heavy atom. The zero-order chi connectivity index (χ0) is 32.1. The van der Waals surface area contributed by atoms with E-state index < -0.39 is 50.1 Å². The Kier molecular flexibility index (Phi) is 12.2. The minimum Gasteiger partial charge on any atom is -0.480 e. The van der Waals surface area contributed by atoms with E-state index in [4.69, 9.17) is 25.5 Å². The van der Waals surface area contributed by atoms with Crippen molar-refractivity contribution in [2.75, 3.05) is 49.5 Å². The van der Waals surface area contributed by atoms with Gasteiger partial charge in [0, 0.05) is 18.7 Å². The maximum atomic E-state index is 10.6. The van der Waals surface area contributed by atoms with Crippen molar-refractivity contribution in [3.8, 4) is 0 Å². The fraction of sp³-hybridized carbons (Fsp3) is 0.233. The number of aryl methyl sites for hydroxylation is 1. The fourth-order valence-electron chi connectivity index (χ4n) is 4.20. The van der Waals surface area contributed by atoms with Crippen LogP contribution in [0.5, 0.6) is 0 Å². The first-order valence-corrected chi connectivity index (χ1v) is 13.5. The van der Waals surface area contributed by atoms with Gasteiger partial charge in [-0.2, -0.15) is 10.2 Å². The zero-order valence-corrected chi connectivity index (χ0v) is 24.0. The van der Waals surface area contributed by atoms with Crippen molar-refractivity contribution in [3.63, 3.8) is 0 Å². The molecule has 0 aliphatic carbocycles. The number of carbonyl (C=O) groups is 4. The Morgan fingerprint density at radius 2 is 1.09 bits per heavy atom. The van der Waals surface area contributed by atoms with Crippen molar-refractivity contribution in [2.24, 2.45) is 5.10 Å². The summed E-state index contributed by atoms with van der Waals surface area (Å²) in [7, 11) is 0. The number of nitrogens with one attached hydrogen (secondary N) is 1. The number of carboxylic acids is 4. The Balaban J connectivity index is 0.000000246. The monoisotopic (exact) mass is 606 g/mol. The van der Waals surface area contributed by atoms with Gasteiger partial charge < -0.3 is 20.4 Å². The van der Waals surface area contributed by atoms with Crippen molar-refractivity contribution >= 4 is 41.1 Å². The molecule has 232 valence electrons. The van der Waals surface area contributed by atoms with Gasteiger partial charge >= 0.3 is 23.9 Å². The molecular weight excluding hydrogens is 572 g/mol. The van der Waals surface area contributed by atoms with E-state index in [9.17, 15) is 19.2 Å². The zero-order valence-electron chi connectivity index (χ0n) is 24.0. The quantitative estimate of drug-likeness (QED) is 0.180. The van der Waals surface area contributed by atoms with Crippen molar-refractivity contribution in [3.05, 3.63) is 96.1 Å². The van der Waals surface area contributed by atoms with Crippen molar-refractivity contribution in [1.82, 2.24) is 15.2 Å². The summed E-state index contributed by atoms with van der Waals surface area (Å²) in [6, 6.07) is 28.5. The first kappa shape index (κ1) is 33.0. The largest absolute Gasteiger partial charge is 0.480 e. The minimum atomic E-state index is -1.23. The van der Waals surface area contributed by atoms with Crippen LogP contribution in [0.25, 0.3) is 0 Å². The second kappa shape index (κ2) is 16.2. The molecule has 0 fully saturated rings. The van der Waals surface area contributed by atoms with Crippen LogP contribution < -0.4 is 15.7 Å². The van der Waals surface area contributed by atoms with E-state index in [2.05, 4.69) is 36.6 Å². The summed E-state index contributed by atoms with van der Waals surface area (Å²) >= 11 is 0. The molecule has 5 N–H and O–H groups in total. The number of carboxylic acid groups (broad SMARTS) is 4. The summed E-state index contributed by atoms with van der Waals surface area (Å²) in [6.45, 7) is -0.153. The summed E-state index contributed by atoms with van der Waals surface area (Å²) in [5.74, 6) is -4.09. The molecular formula is C30H34N6O8. The lowest BCUT2D eigenvalue weighted by Crippen LogP contribution is -2.45. The molecule has 3 aromatic carbocycles. The number of hydrogen-bond acceptors (Lipinski definition) is 10. The number of hydrazone groups is 1. The summed E-state index contributed by atoms with van der Waals surface area (Å²) in [5, 5.41) is 43.1. The molecule has 1 heterocycles. The number of rotatable bonds is 14. The third kappa shape index (κ3) is 10.4. The van der Waals surface area contributed by atoms with Gasteiger partial charge in [-0.25, -0.2) is 0 Å². The molecule has 14 heteroatoms. The average Bonchev–Trinajstić information content (AvgIpc) is 3.42. The van der Waals surface area contributed by atoms with Gasteiger partial charge in [-0.15, -0.1) is 5.10 Å². The minimum absolute atomic E-state index is 0.0703. The van der Waals surface area contributed by atoms with E-state index in [1.165, 1.54) is 5.56 Å². The average molecular weight is 607 g/mol. The molecule has 0 amide bonds. The predicted molar refractivity (Wildman–Crippen MR) is 162 cm³/mol. The van der Waals surface area contributed by atoms with Gasteiger partial charge in [0.05, 0.1) is 37.6 Å². The number of amidine groups is 1. The van der Waals surface area contributed by atoms with Crippen LogP contribution in [0.4, 0.5) is 11.4 Å². The normalized spacial score (nSPS) is 12.3. The summed E-state index contributed by atoms with van der Waals surface area (Å²) in [5.41, 5.74) is 7.71. The number of benzene rings is 3. The molecule has 0 aromatic heterocycles. The smallest absolute Gasteiger partial charge is 0.317 e. The van der Waals surface area contributed by atoms with Gasteiger partial charge in [0.1, 0.15) is 0 Å². The van der Waals surface area contributed by atoms with Crippen LogP contribution in [0.2, 0.25) is 0 Å². The van der Waals surface area contributed by atoms with Crippen LogP contribution in [-0.2, 0) is 19.2 Å². The van der Waals surface area contributed by atoms with Crippen molar-refractivity contribution < 1.29 is 39.6 Å². The lowest BCUT2D eigenvalue weighted by atomic mass is 10.2. The van der Waals surface area contributed by atoms with Gasteiger partial charge in [-0.3, -0.25) is 34.4 Å². The number of hydrogen-bond donors (Lipinski definition) is 5. The SMILES string of the molecule is Cc1ccccc1N1NC(c2ccccc2)=NN1c1ccccc1.O=C(O)CN(CCN(CC(=O)O)CC(=O)O)CC(=O)O. The van der Waals surface area contributed by atoms with Gasteiger partial charge in [0.2, 0.25) is 0 Å². The van der Waals surface area contributed by atoms with Crippen LogP contribution >= 0.6 is 0 Å². The van der Waals surface area contributed by atoms with Crippen LogP contribution in [-0.4, -0.2) is 99.2 Å². The van der Waals surface area contributed by atoms with E-state index in [1.54, 1.807) is 0 Å². The standard InChI is InChI=1S/C20H18N4.C10H16N2O8/c1-16-10-8-9-15-19(16)24-22-20(17-11-4-2-5-12-17)21-23(24)18-13-6-3-7-14-18;13-7(14)3-11(4-8(15)16)1-2-12(5-9(17)18)6-10(19)20/h2-15H,1H3,(H,21,22);1-6H2,(H,13,14)(H,15,16)(H,17,18)(H,19,20). The van der Waals surface area contributed by atoms with E-state index in [0.29, 0.717) is 0 Å². The highest BCUT2D eigenvalue weighted by molar-refractivity contribution is 6.02. The predicted octanol–water partition coefficient (Wildman–Crippen LogP) is 2.03. The summed E-state index contributed by atoms with van der Waals surface area (Å²) in [4.78, 5) is 44.4. The number of aliphatic carboxylic acids is 4. The van der Waals surface area contributed by atoms with Crippen LogP contribution in [0.3, 0.4) is 0 Å². The molecule has 0 radical (unpaired) electrons. The Labute approximate surface area is 253 Å². The number of nitrogens with zero attached hydrogens (tertiary/aromatic N) is 5. The maximum absolute atomic E-state index is 10.6. The molecule has 4 rings (SSSR count). The molecule has 14 nitrogen and oxygen atoms in total. The highest BCUT2D eigenvalue weighted by Gasteiger charge is 2.27. The molecule has 3 aromatic rings. The second-order valence-corrected chi connectivity index (χ2v) is 9.65. The Bertz CT molecular complexity index is 1390. The van der Waals surface area contributed by atoms with E-state index >= 15 is 0 Å². The fourth-order valence-corrected chi connectivity index (χ4v) is 4.20. The molecule has 0 saturated carbocycles. The topological polar surface area (TPSA) is 187 Å². The van der Waals surface area contributed by atoms with E-state index in [1.807, 2.05) is 70.9 Å². The highest BCUT2D eigenvalue weighted by atomic mass is 16.4. The highest BCUT2D eigenvalue weighted by Crippen LogP contribution is 2.27. The van der Waals surface area contributed by atoms with Gasteiger partial charge in [0.25, 0.3) is 0 Å². The van der Waals surface area contributed by atoms with Crippen LogP contribution in [0.1, 0.15) is 11.1 Å². The van der Waals surface area contributed by atoms with Gasteiger partial charge in [0.15, 0.2) is 5.84 Å². The first-order valence-electron chi connectivity index (χ1n) is 13.5. The molecule has 0 atom stereocenters. The Hall–Kier alpha value is -5.47. The van der Waals surface area contributed by atoms with Crippen LogP contribution in [0.15, 0.2) is 90.0 Å². The van der Waals surface area contributed by atoms with Crippen LogP contribution in [0, 0.1) is 6.92 Å². The first-order chi connectivity index (χ1) is 21.0. The summed E-state index contributed by atoms with van der Waals surface area (Å²) in [6.07, 6.45) is 0. The van der Waals surface area contributed by atoms with Gasteiger partial charge in [-0.05, 0) is 30.7 Å². The molecule has 44 heavy (non-hydrogen) atoms. The number of hydrazine groups is 2. The molecule has 0 saturated heterocycles. The molecule has 0 bridgehead atoms. The van der Waals surface area contributed by atoms with Crippen molar-refractivity contribution in [1.29, 1.82) is 0 Å². The second-order valence-electron chi connectivity index (χ2n) is 9.65. The maximum Gasteiger partial charge on any atom is 0.317 e.